The van der Waals surface area contributed by atoms with Crippen molar-refractivity contribution in [2.45, 2.75) is 39.0 Å². The van der Waals surface area contributed by atoms with Gasteiger partial charge in [-0.1, -0.05) is 36.9 Å². The van der Waals surface area contributed by atoms with Crippen LogP contribution in [-0.2, 0) is 16.1 Å². The summed E-state index contributed by atoms with van der Waals surface area (Å²) in [6, 6.07) is 9.24. The number of ketones is 1. The largest absolute Gasteiger partial charge is 0.444 e. The lowest BCUT2D eigenvalue weighted by atomic mass is 10.1. The van der Waals surface area contributed by atoms with Gasteiger partial charge in [0.15, 0.2) is 5.78 Å². The lowest BCUT2D eigenvalue weighted by molar-refractivity contribution is -0.117. The molecule has 0 radical (unpaired) electrons. The van der Waals surface area contributed by atoms with Crippen molar-refractivity contribution < 1.29 is 14.3 Å². The van der Waals surface area contributed by atoms with Crippen LogP contribution in [0.2, 0.25) is 0 Å². The molecule has 0 aliphatic rings. The zero-order valence-electron chi connectivity index (χ0n) is 14.3. The molecule has 23 heavy (non-hydrogen) atoms. The fraction of sp³-hybridized carbons (Fsp3) is 0.444. The molecule has 5 heteroatoms. The minimum atomic E-state index is -0.684. The molecule has 1 N–H and O–H groups in total. The maximum atomic E-state index is 12.0. The molecule has 1 aromatic carbocycles. The molecular weight excluding hydrogens is 292 g/mol. The van der Waals surface area contributed by atoms with Gasteiger partial charge >= 0.3 is 6.09 Å². The van der Waals surface area contributed by atoms with E-state index in [9.17, 15) is 9.59 Å². The van der Waals surface area contributed by atoms with Gasteiger partial charge in [0.2, 0.25) is 0 Å². The van der Waals surface area contributed by atoms with Crippen molar-refractivity contribution in [3.05, 3.63) is 48.6 Å². The van der Waals surface area contributed by atoms with Gasteiger partial charge in [-0.15, -0.1) is 0 Å². The van der Waals surface area contributed by atoms with Crippen LogP contribution in [0.25, 0.3) is 0 Å². The Kier molecular flexibility index (Phi) is 6.97. The summed E-state index contributed by atoms with van der Waals surface area (Å²) in [6.07, 6.45) is 0.615. The standard InChI is InChI=1S/C18H26N2O3/c1-6-16(21)15(19-17(22)23-18(2,3)4)13-20(5)12-14-10-8-7-9-11-14/h6-11,15H,1,12-13H2,2-5H3,(H,19,22). The van der Waals surface area contributed by atoms with Gasteiger partial charge in [-0.25, -0.2) is 4.79 Å². The highest BCUT2D eigenvalue weighted by Gasteiger charge is 2.23. The lowest BCUT2D eigenvalue weighted by Gasteiger charge is -2.25. The van der Waals surface area contributed by atoms with Crippen molar-refractivity contribution in [3.63, 3.8) is 0 Å². The second kappa shape index (κ2) is 8.48. The van der Waals surface area contributed by atoms with E-state index in [4.69, 9.17) is 4.74 Å². The van der Waals surface area contributed by atoms with E-state index < -0.39 is 17.7 Å². The first-order chi connectivity index (χ1) is 10.7. The molecule has 1 rings (SSSR count). The number of nitrogens with one attached hydrogen (secondary N) is 1. The topological polar surface area (TPSA) is 58.6 Å². The van der Waals surface area contributed by atoms with Gasteiger partial charge in [0.1, 0.15) is 11.6 Å². The Morgan fingerprint density at radius 3 is 2.43 bits per heavy atom. The molecule has 5 nitrogen and oxygen atoms in total. The third kappa shape index (κ3) is 7.61. The molecule has 0 spiro atoms. The Hall–Kier alpha value is -2.14. The lowest BCUT2D eigenvalue weighted by Crippen LogP contribution is -2.48. The summed E-state index contributed by atoms with van der Waals surface area (Å²) in [4.78, 5) is 25.8. The molecule has 1 unspecified atom stereocenters. The molecule has 126 valence electrons. The third-order valence-corrected chi connectivity index (χ3v) is 3.03. The van der Waals surface area contributed by atoms with E-state index in [1.54, 1.807) is 20.8 Å². The molecule has 0 bridgehead atoms. The summed E-state index contributed by atoms with van der Waals surface area (Å²) in [7, 11) is 1.90. The zero-order valence-corrected chi connectivity index (χ0v) is 14.3. The van der Waals surface area contributed by atoms with Crippen molar-refractivity contribution in [1.82, 2.24) is 10.2 Å². The molecule has 1 atom stereocenters. The molecular formula is C18H26N2O3. The van der Waals surface area contributed by atoms with E-state index in [1.165, 1.54) is 6.08 Å². The van der Waals surface area contributed by atoms with E-state index in [2.05, 4.69) is 11.9 Å². The van der Waals surface area contributed by atoms with Crippen LogP contribution in [0.15, 0.2) is 43.0 Å². The highest BCUT2D eigenvalue weighted by atomic mass is 16.6. The number of alkyl carbamates (subject to hydrolysis) is 1. The summed E-state index contributed by atoms with van der Waals surface area (Å²) < 4.78 is 5.21. The first-order valence-electron chi connectivity index (χ1n) is 7.59. The number of carbonyl (C=O) groups is 2. The first kappa shape index (κ1) is 18.9. The normalized spacial score (nSPS) is 12.6. The number of hydrogen-bond acceptors (Lipinski definition) is 4. The van der Waals surface area contributed by atoms with Crippen LogP contribution in [0, 0.1) is 0 Å². The average Bonchev–Trinajstić information content (AvgIpc) is 2.44. The number of benzene rings is 1. The summed E-state index contributed by atoms with van der Waals surface area (Å²) in [5.74, 6) is -0.240. The molecule has 1 amide bonds. The van der Waals surface area contributed by atoms with Crippen molar-refractivity contribution >= 4 is 11.9 Å². The van der Waals surface area contributed by atoms with Crippen LogP contribution in [0.4, 0.5) is 4.79 Å². The highest BCUT2D eigenvalue weighted by Crippen LogP contribution is 2.08. The van der Waals surface area contributed by atoms with Crippen LogP contribution >= 0.6 is 0 Å². The van der Waals surface area contributed by atoms with Crippen LogP contribution < -0.4 is 5.32 Å². The number of rotatable bonds is 7. The zero-order chi connectivity index (χ0) is 17.5. The number of hydrogen-bond donors (Lipinski definition) is 1. The Balaban J connectivity index is 2.65. The van der Waals surface area contributed by atoms with E-state index in [-0.39, 0.29) is 5.78 Å². The molecule has 0 heterocycles. The quantitative estimate of drug-likeness (QED) is 0.785. The monoisotopic (exact) mass is 318 g/mol. The van der Waals surface area contributed by atoms with E-state index in [1.807, 2.05) is 42.3 Å². The van der Waals surface area contributed by atoms with Crippen molar-refractivity contribution in [3.8, 4) is 0 Å². The number of likely N-dealkylation sites (N-methyl/N-ethyl adjacent to an activating group) is 1. The van der Waals surface area contributed by atoms with Crippen molar-refractivity contribution in [2.24, 2.45) is 0 Å². The van der Waals surface area contributed by atoms with Crippen molar-refractivity contribution in [2.75, 3.05) is 13.6 Å². The predicted octanol–water partition coefficient (Wildman–Crippen LogP) is 2.77. The Bertz CT molecular complexity index is 535. The van der Waals surface area contributed by atoms with Gasteiger partial charge in [0.05, 0.1) is 0 Å². The number of ether oxygens (including phenoxy) is 1. The third-order valence-electron chi connectivity index (χ3n) is 3.03. The Morgan fingerprint density at radius 1 is 1.30 bits per heavy atom. The maximum Gasteiger partial charge on any atom is 0.408 e. The fourth-order valence-corrected chi connectivity index (χ4v) is 2.07. The maximum absolute atomic E-state index is 12.0. The SMILES string of the molecule is C=CC(=O)C(CN(C)Cc1ccccc1)NC(=O)OC(C)(C)C. The van der Waals surface area contributed by atoms with Crippen LogP contribution in [0.5, 0.6) is 0 Å². The smallest absolute Gasteiger partial charge is 0.408 e. The summed E-state index contributed by atoms with van der Waals surface area (Å²) in [5, 5.41) is 2.62. The predicted molar refractivity (Wildman–Crippen MR) is 91.1 cm³/mol. The molecule has 0 aliphatic carbocycles. The first-order valence-corrected chi connectivity index (χ1v) is 7.59. The molecule has 1 aromatic rings. The van der Waals surface area contributed by atoms with Crippen LogP contribution in [-0.4, -0.2) is 42.0 Å². The van der Waals surface area contributed by atoms with Gasteiger partial charge < -0.3 is 10.1 Å². The molecule has 0 aromatic heterocycles. The van der Waals surface area contributed by atoms with Crippen LogP contribution in [0.1, 0.15) is 26.3 Å². The highest BCUT2D eigenvalue weighted by molar-refractivity contribution is 5.95. The van der Waals surface area contributed by atoms with Gasteiger partial charge in [-0.05, 0) is 39.5 Å². The molecule has 0 saturated carbocycles. The summed E-state index contributed by atoms with van der Waals surface area (Å²) in [6.45, 7) is 9.88. The molecule has 0 aliphatic heterocycles. The van der Waals surface area contributed by atoms with Crippen molar-refractivity contribution in [1.29, 1.82) is 0 Å². The van der Waals surface area contributed by atoms with E-state index in [0.717, 1.165) is 5.56 Å². The van der Waals surface area contributed by atoms with E-state index in [0.29, 0.717) is 13.1 Å². The minimum Gasteiger partial charge on any atom is -0.444 e. The Labute approximate surface area is 138 Å². The number of amides is 1. The van der Waals surface area contributed by atoms with E-state index >= 15 is 0 Å². The summed E-state index contributed by atoms with van der Waals surface area (Å²) in [5.41, 5.74) is 0.527. The summed E-state index contributed by atoms with van der Waals surface area (Å²) >= 11 is 0. The van der Waals surface area contributed by atoms with Gasteiger partial charge in [-0.3, -0.25) is 9.69 Å². The number of nitrogens with zero attached hydrogens (tertiary/aromatic N) is 1. The minimum absolute atomic E-state index is 0.240. The van der Waals surface area contributed by atoms with Gasteiger partial charge in [-0.2, -0.15) is 0 Å². The van der Waals surface area contributed by atoms with Gasteiger partial charge in [0, 0.05) is 13.1 Å². The second-order valence-corrected chi connectivity index (χ2v) is 6.49. The molecule has 0 fully saturated rings. The average molecular weight is 318 g/mol. The second-order valence-electron chi connectivity index (χ2n) is 6.49. The molecule has 0 saturated heterocycles. The van der Waals surface area contributed by atoms with Gasteiger partial charge in [0.25, 0.3) is 0 Å². The Morgan fingerprint density at radius 2 is 1.91 bits per heavy atom. The fourth-order valence-electron chi connectivity index (χ4n) is 2.07. The number of carbonyl (C=O) groups excluding carboxylic acids is 2. The van der Waals surface area contributed by atoms with Crippen LogP contribution in [0.3, 0.4) is 0 Å².